The first-order valence-corrected chi connectivity index (χ1v) is 7.37. The fourth-order valence-corrected chi connectivity index (χ4v) is 2.50. The number of nitrogens with one attached hydrogen (secondary N) is 3. The Morgan fingerprint density at radius 1 is 1.32 bits per heavy atom. The first kappa shape index (κ1) is 16.0. The first-order valence-electron chi connectivity index (χ1n) is 7.37. The zero-order chi connectivity index (χ0) is 14.1. The molecular weight excluding hydrogens is 242 g/mol. The maximum atomic E-state index is 11.8. The van der Waals surface area contributed by atoms with Crippen LogP contribution in [0.3, 0.4) is 0 Å². The van der Waals surface area contributed by atoms with Crippen molar-refractivity contribution in [2.75, 3.05) is 26.2 Å². The van der Waals surface area contributed by atoms with E-state index in [4.69, 9.17) is 0 Å². The number of amides is 2. The van der Waals surface area contributed by atoms with Crippen LogP contribution in [-0.2, 0) is 9.59 Å². The highest BCUT2D eigenvalue weighted by Crippen LogP contribution is 2.22. The number of piperidine rings is 1. The Hall–Kier alpha value is -1.10. The van der Waals surface area contributed by atoms with Crippen molar-refractivity contribution in [1.29, 1.82) is 0 Å². The van der Waals surface area contributed by atoms with Gasteiger partial charge in [-0.1, -0.05) is 6.92 Å². The van der Waals surface area contributed by atoms with Gasteiger partial charge in [0.2, 0.25) is 11.8 Å². The van der Waals surface area contributed by atoms with Gasteiger partial charge in [-0.3, -0.25) is 9.59 Å². The van der Waals surface area contributed by atoms with Gasteiger partial charge in [-0.05, 0) is 44.7 Å². The van der Waals surface area contributed by atoms with E-state index in [1.807, 2.05) is 6.92 Å². The van der Waals surface area contributed by atoms with Crippen molar-refractivity contribution in [3.8, 4) is 0 Å². The zero-order valence-corrected chi connectivity index (χ0v) is 12.1. The minimum atomic E-state index is -0.00710. The van der Waals surface area contributed by atoms with Gasteiger partial charge in [0.1, 0.15) is 0 Å². The van der Waals surface area contributed by atoms with Crippen molar-refractivity contribution in [1.82, 2.24) is 16.0 Å². The molecule has 5 heteroatoms. The molecule has 0 aromatic heterocycles. The Morgan fingerprint density at radius 2 is 2.11 bits per heavy atom. The summed E-state index contributed by atoms with van der Waals surface area (Å²) in [6.07, 6.45) is 3.33. The second kappa shape index (κ2) is 8.91. The van der Waals surface area contributed by atoms with E-state index in [0.29, 0.717) is 37.8 Å². The zero-order valence-electron chi connectivity index (χ0n) is 12.1. The van der Waals surface area contributed by atoms with E-state index in [0.717, 1.165) is 13.1 Å². The Kier molecular flexibility index (Phi) is 7.48. The third kappa shape index (κ3) is 6.57. The highest BCUT2D eigenvalue weighted by molar-refractivity contribution is 5.79. The monoisotopic (exact) mass is 269 g/mol. The minimum Gasteiger partial charge on any atom is -0.356 e. The van der Waals surface area contributed by atoms with E-state index in [2.05, 4.69) is 22.9 Å². The van der Waals surface area contributed by atoms with Gasteiger partial charge in [0.25, 0.3) is 0 Å². The maximum Gasteiger partial charge on any atom is 0.221 e. The summed E-state index contributed by atoms with van der Waals surface area (Å²) >= 11 is 0. The molecule has 5 nitrogen and oxygen atoms in total. The van der Waals surface area contributed by atoms with Crippen LogP contribution in [0.5, 0.6) is 0 Å². The highest BCUT2D eigenvalue weighted by Gasteiger charge is 2.21. The molecule has 1 saturated heterocycles. The molecule has 1 rings (SSSR count). The van der Waals surface area contributed by atoms with E-state index in [-0.39, 0.29) is 11.8 Å². The molecule has 0 aromatic carbocycles. The highest BCUT2D eigenvalue weighted by atomic mass is 16.2. The van der Waals surface area contributed by atoms with Crippen LogP contribution in [0.15, 0.2) is 0 Å². The van der Waals surface area contributed by atoms with Gasteiger partial charge in [-0.25, -0.2) is 0 Å². The molecule has 0 bridgehead atoms. The molecule has 2 unspecified atom stereocenters. The summed E-state index contributed by atoms with van der Waals surface area (Å²) in [4.78, 5) is 23.0. The Morgan fingerprint density at radius 3 is 2.74 bits per heavy atom. The second-order valence-electron chi connectivity index (χ2n) is 5.34. The van der Waals surface area contributed by atoms with Crippen LogP contribution in [-0.4, -0.2) is 38.0 Å². The predicted molar refractivity (Wildman–Crippen MR) is 75.7 cm³/mol. The summed E-state index contributed by atoms with van der Waals surface area (Å²) in [6.45, 7) is 7.21. The lowest BCUT2D eigenvalue weighted by atomic mass is 9.85. The molecule has 0 spiro atoms. The van der Waals surface area contributed by atoms with Gasteiger partial charge < -0.3 is 16.0 Å². The van der Waals surface area contributed by atoms with Gasteiger partial charge in [0.05, 0.1) is 0 Å². The van der Waals surface area contributed by atoms with Gasteiger partial charge >= 0.3 is 0 Å². The lowest BCUT2D eigenvalue weighted by molar-refractivity contribution is -0.123. The van der Waals surface area contributed by atoms with Crippen LogP contribution in [0.4, 0.5) is 0 Å². The first-order chi connectivity index (χ1) is 9.13. The van der Waals surface area contributed by atoms with Crippen molar-refractivity contribution in [3.63, 3.8) is 0 Å². The third-order valence-electron chi connectivity index (χ3n) is 3.70. The van der Waals surface area contributed by atoms with Crippen molar-refractivity contribution in [2.24, 2.45) is 11.8 Å². The van der Waals surface area contributed by atoms with Crippen LogP contribution in [0.25, 0.3) is 0 Å². The smallest absolute Gasteiger partial charge is 0.221 e. The molecule has 1 fully saturated rings. The minimum absolute atomic E-state index is 0.00710. The molecule has 1 heterocycles. The van der Waals surface area contributed by atoms with Crippen LogP contribution >= 0.6 is 0 Å². The van der Waals surface area contributed by atoms with Crippen LogP contribution in [0, 0.1) is 11.8 Å². The third-order valence-corrected chi connectivity index (χ3v) is 3.70. The predicted octanol–water partition coefficient (Wildman–Crippen LogP) is 0.655. The molecule has 1 aliphatic rings. The molecule has 3 N–H and O–H groups in total. The SMILES string of the molecule is CCNC(=O)CCNC(=O)CC(C)C1CCCNC1. The van der Waals surface area contributed by atoms with Gasteiger partial charge in [-0.2, -0.15) is 0 Å². The van der Waals surface area contributed by atoms with E-state index in [1.54, 1.807) is 0 Å². The van der Waals surface area contributed by atoms with E-state index < -0.39 is 0 Å². The molecule has 0 aromatic rings. The summed E-state index contributed by atoms with van der Waals surface area (Å²) in [6, 6.07) is 0. The van der Waals surface area contributed by atoms with E-state index >= 15 is 0 Å². The summed E-state index contributed by atoms with van der Waals surface area (Å²) in [7, 11) is 0. The number of carbonyl (C=O) groups is 2. The fraction of sp³-hybridized carbons (Fsp3) is 0.857. The Labute approximate surface area is 115 Å². The van der Waals surface area contributed by atoms with Gasteiger partial charge in [-0.15, -0.1) is 0 Å². The number of hydrogen-bond donors (Lipinski definition) is 3. The quantitative estimate of drug-likeness (QED) is 0.636. The molecule has 0 saturated carbocycles. The standard InChI is InChI=1S/C14H27N3O2/c1-3-16-13(18)6-8-17-14(19)9-11(2)12-5-4-7-15-10-12/h11-12,15H,3-10H2,1-2H3,(H,16,18)(H,17,19). The molecule has 19 heavy (non-hydrogen) atoms. The molecule has 1 aliphatic heterocycles. The average molecular weight is 269 g/mol. The van der Waals surface area contributed by atoms with Crippen molar-refractivity contribution in [3.05, 3.63) is 0 Å². The molecule has 2 atom stereocenters. The number of carbonyl (C=O) groups excluding carboxylic acids is 2. The van der Waals surface area contributed by atoms with Gasteiger partial charge in [0, 0.05) is 25.9 Å². The number of rotatable bonds is 7. The normalized spacial score (nSPS) is 20.6. The fourth-order valence-electron chi connectivity index (χ4n) is 2.50. The maximum absolute atomic E-state index is 11.8. The van der Waals surface area contributed by atoms with Crippen molar-refractivity contribution in [2.45, 2.75) is 39.5 Å². The van der Waals surface area contributed by atoms with Crippen LogP contribution in [0.2, 0.25) is 0 Å². The number of hydrogen-bond acceptors (Lipinski definition) is 3. The molecular formula is C14H27N3O2. The van der Waals surface area contributed by atoms with Crippen LogP contribution in [0.1, 0.15) is 39.5 Å². The molecule has 2 amide bonds. The van der Waals surface area contributed by atoms with E-state index in [1.165, 1.54) is 12.8 Å². The molecule has 0 aliphatic carbocycles. The summed E-state index contributed by atoms with van der Waals surface area (Å²) < 4.78 is 0. The van der Waals surface area contributed by atoms with E-state index in [9.17, 15) is 9.59 Å². The summed E-state index contributed by atoms with van der Waals surface area (Å²) in [5.74, 6) is 1.05. The lowest BCUT2D eigenvalue weighted by Crippen LogP contribution is -2.36. The second-order valence-corrected chi connectivity index (χ2v) is 5.34. The molecule has 0 radical (unpaired) electrons. The average Bonchev–Trinajstić information content (AvgIpc) is 2.40. The Balaban J connectivity index is 2.14. The van der Waals surface area contributed by atoms with Crippen molar-refractivity contribution >= 4 is 11.8 Å². The largest absolute Gasteiger partial charge is 0.356 e. The van der Waals surface area contributed by atoms with Crippen LogP contribution < -0.4 is 16.0 Å². The lowest BCUT2D eigenvalue weighted by Gasteiger charge is -2.28. The van der Waals surface area contributed by atoms with Gasteiger partial charge in [0.15, 0.2) is 0 Å². The topological polar surface area (TPSA) is 70.2 Å². The summed E-state index contributed by atoms with van der Waals surface area (Å²) in [5.41, 5.74) is 0. The van der Waals surface area contributed by atoms with Crippen molar-refractivity contribution < 1.29 is 9.59 Å². The summed E-state index contributed by atoms with van der Waals surface area (Å²) in [5, 5.41) is 8.91. The molecule has 110 valence electrons. The Bertz CT molecular complexity index is 288.